The third-order valence-electron chi connectivity index (χ3n) is 6.66. The second kappa shape index (κ2) is 13.9. The van der Waals surface area contributed by atoms with Crippen LogP contribution >= 0.6 is 11.6 Å². The molecular weight excluding hydrogens is 564 g/mol. The van der Waals surface area contributed by atoms with Crippen molar-refractivity contribution in [1.82, 2.24) is 4.90 Å². The third-order valence-corrected chi connectivity index (χ3v) is 8.78. The molecule has 0 radical (unpaired) electrons. The number of hydrogen-bond acceptors (Lipinski definition) is 7. The van der Waals surface area contributed by atoms with Gasteiger partial charge in [-0.2, -0.15) is 0 Å². The Morgan fingerprint density at radius 3 is 2.41 bits per heavy atom. The number of benzene rings is 2. The van der Waals surface area contributed by atoms with E-state index in [0.717, 1.165) is 18.4 Å². The number of halogens is 1. The van der Waals surface area contributed by atoms with Crippen molar-refractivity contribution in [3.05, 3.63) is 107 Å². The summed E-state index contributed by atoms with van der Waals surface area (Å²) in [6.07, 6.45) is 4.61. The normalized spacial score (nSPS) is 12.4. The number of carbonyl (C=O) groups is 1. The number of aryl methyl sites for hydroxylation is 1. The molecule has 10 heteroatoms. The zero-order valence-electron chi connectivity index (χ0n) is 23.5. The fourth-order valence-corrected chi connectivity index (χ4v) is 6.46. The van der Waals surface area contributed by atoms with Crippen LogP contribution in [0.1, 0.15) is 60.6 Å². The van der Waals surface area contributed by atoms with Gasteiger partial charge in [-0.05, 0) is 92.4 Å². The Bertz CT molecular complexity index is 1520. The van der Waals surface area contributed by atoms with E-state index in [4.69, 9.17) is 25.2 Å². The maximum Gasteiger partial charge on any atom is 0.375 e. The van der Waals surface area contributed by atoms with Crippen LogP contribution in [-0.2, 0) is 27.8 Å². The largest absolute Gasteiger partial charge is 0.468 e. The fraction of sp³-hybridized carbons (Fsp3) is 0.323. The molecule has 2 heterocycles. The van der Waals surface area contributed by atoms with Gasteiger partial charge < -0.3 is 13.6 Å². The minimum Gasteiger partial charge on any atom is -0.468 e. The number of hydrogen-bond donors (Lipinski definition) is 0. The molecule has 0 aliphatic heterocycles. The van der Waals surface area contributed by atoms with Gasteiger partial charge in [0.1, 0.15) is 5.76 Å². The molecule has 41 heavy (non-hydrogen) atoms. The van der Waals surface area contributed by atoms with Crippen molar-refractivity contribution in [2.45, 2.75) is 64.2 Å². The monoisotopic (exact) mass is 598 g/mol. The number of anilines is 1. The van der Waals surface area contributed by atoms with Crippen LogP contribution in [0.5, 0.6) is 0 Å². The Morgan fingerprint density at radius 1 is 0.976 bits per heavy atom. The van der Waals surface area contributed by atoms with E-state index in [2.05, 4.69) is 6.92 Å². The van der Waals surface area contributed by atoms with Crippen molar-refractivity contribution in [3.8, 4) is 0 Å². The van der Waals surface area contributed by atoms with E-state index in [1.807, 2.05) is 24.0 Å². The Morgan fingerprint density at radius 2 is 1.76 bits per heavy atom. The summed E-state index contributed by atoms with van der Waals surface area (Å²) in [6.45, 7) is 6.46. The standard InChI is InChI=1S/C31H35ClN2O6S/c1-4-6-14-30(40-31(35)29-13-9-18-39-29)33(22-26-11-8-17-38-26)21-24-20-25(32)15-16-28(24)34(5-2)41(36,37)27-12-7-10-23(3)19-27/h7-13,15-20,30H,4-6,14,21-22H2,1-3H3. The van der Waals surface area contributed by atoms with Crippen molar-refractivity contribution >= 4 is 33.3 Å². The summed E-state index contributed by atoms with van der Waals surface area (Å²) in [5, 5.41) is 0.461. The van der Waals surface area contributed by atoms with Crippen molar-refractivity contribution in [2.75, 3.05) is 10.8 Å². The highest BCUT2D eigenvalue weighted by Gasteiger charge is 2.29. The van der Waals surface area contributed by atoms with E-state index >= 15 is 0 Å². The van der Waals surface area contributed by atoms with Crippen LogP contribution < -0.4 is 4.31 Å². The lowest BCUT2D eigenvalue weighted by molar-refractivity contribution is -0.0494. The fourth-order valence-electron chi connectivity index (χ4n) is 4.65. The van der Waals surface area contributed by atoms with Crippen LogP contribution in [-0.4, -0.2) is 32.1 Å². The van der Waals surface area contributed by atoms with E-state index < -0.39 is 22.2 Å². The molecule has 0 fully saturated rings. The second-order valence-corrected chi connectivity index (χ2v) is 12.0. The molecule has 0 amide bonds. The number of nitrogens with zero attached hydrogens (tertiary/aromatic N) is 2. The minimum atomic E-state index is -3.88. The Labute approximate surface area is 246 Å². The number of esters is 1. The maximum absolute atomic E-state index is 13.8. The summed E-state index contributed by atoms with van der Waals surface area (Å²) in [5.41, 5.74) is 2.01. The number of sulfonamides is 1. The lowest BCUT2D eigenvalue weighted by Crippen LogP contribution is -2.39. The van der Waals surface area contributed by atoms with Crippen molar-refractivity contribution < 1.29 is 26.8 Å². The Balaban J connectivity index is 1.74. The highest BCUT2D eigenvalue weighted by Crippen LogP contribution is 2.32. The SMILES string of the molecule is CCCCC(OC(=O)c1ccco1)N(Cc1ccco1)Cc1cc(Cl)ccc1N(CC)S(=O)(=O)c1cccc(C)c1. The molecule has 4 aromatic rings. The first-order chi connectivity index (χ1) is 19.7. The molecule has 0 saturated heterocycles. The molecule has 218 valence electrons. The molecule has 1 atom stereocenters. The lowest BCUT2D eigenvalue weighted by Gasteiger charge is -2.32. The summed E-state index contributed by atoms with van der Waals surface area (Å²) in [7, 11) is -3.88. The average molecular weight is 599 g/mol. The van der Waals surface area contributed by atoms with Crippen molar-refractivity contribution in [2.24, 2.45) is 0 Å². The molecule has 0 aliphatic carbocycles. The van der Waals surface area contributed by atoms with Crippen molar-refractivity contribution in [1.29, 1.82) is 0 Å². The number of carbonyl (C=O) groups excluding carboxylic acids is 1. The molecule has 8 nitrogen and oxygen atoms in total. The average Bonchev–Trinajstić information content (AvgIpc) is 3.67. The van der Waals surface area contributed by atoms with E-state index in [1.54, 1.807) is 67.8 Å². The van der Waals surface area contributed by atoms with Gasteiger partial charge in [-0.15, -0.1) is 0 Å². The second-order valence-electron chi connectivity index (χ2n) is 9.72. The molecule has 1 unspecified atom stereocenters. The summed E-state index contributed by atoms with van der Waals surface area (Å²) in [6, 6.07) is 18.8. The predicted molar refractivity (Wildman–Crippen MR) is 158 cm³/mol. The van der Waals surface area contributed by atoms with Gasteiger partial charge in [-0.3, -0.25) is 9.21 Å². The topological polar surface area (TPSA) is 93.2 Å². The molecular formula is C31H35ClN2O6S. The van der Waals surface area contributed by atoms with Gasteiger partial charge in [0.2, 0.25) is 5.76 Å². The highest BCUT2D eigenvalue weighted by atomic mass is 35.5. The van der Waals surface area contributed by atoms with E-state index in [0.29, 0.717) is 35.0 Å². The van der Waals surface area contributed by atoms with Gasteiger partial charge in [0.15, 0.2) is 6.23 Å². The molecule has 0 spiro atoms. The van der Waals surface area contributed by atoms with Crippen LogP contribution in [0.3, 0.4) is 0 Å². The molecule has 0 bridgehead atoms. The van der Waals surface area contributed by atoms with Crippen molar-refractivity contribution in [3.63, 3.8) is 0 Å². The van der Waals surface area contributed by atoms with Gasteiger partial charge in [0.05, 0.1) is 29.7 Å². The van der Waals surface area contributed by atoms with Gasteiger partial charge in [0.25, 0.3) is 10.0 Å². The molecule has 0 N–H and O–H groups in total. The first-order valence-electron chi connectivity index (χ1n) is 13.6. The van der Waals surface area contributed by atoms with Crippen LogP contribution in [0.15, 0.2) is 93.0 Å². The van der Waals surface area contributed by atoms with E-state index in [-0.39, 0.29) is 23.7 Å². The first kappa shape index (κ1) is 30.4. The molecule has 2 aromatic carbocycles. The first-order valence-corrected chi connectivity index (χ1v) is 15.4. The third kappa shape index (κ3) is 7.61. The number of rotatable bonds is 14. The minimum absolute atomic E-state index is 0.106. The van der Waals surface area contributed by atoms with Gasteiger partial charge in [-0.25, -0.2) is 13.2 Å². The Hall–Kier alpha value is -3.53. The van der Waals surface area contributed by atoms with Crippen LogP contribution in [0.4, 0.5) is 5.69 Å². The van der Waals surface area contributed by atoms with Crippen LogP contribution in [0, 0.1) is 6.92 Å². The zero-order valence-corrected chi connectivity index (χ0v) is 25.0. The molecule has 4 rings (SSSR count). The van der Waals surface area contributed by atoms with E-state index in [9.17, 15) is 13.2 Å². The molecule has 0 saturated carbocycles. The maximum atomic E-state index is 13.8. The highest BCUT2D eigenvalue weighted by molar-refractivity contribution is 7.92. The van der Waals surface area contributed by atoms with Gasteiger partial charge in [-0.1, -0.05) is 37.1 Å². The number of furan rings is 2. The zero-order chi connectivity index (χ0) is 29.4. The molecule has 0 aliphatic rings. The summed E-state index contributed by atoms with van der Waals surface area (Å²) < 4.78 is 45.9. The smallest absolute Gasteiger partial charge is 0.375 e. The lowest BCUT2D eigenvalue weighted by atomic mass is 10.1. The van der Waals surface area contributed by atoms with E-state index in [1.165, 1.54) is 10.6 Å². The summed E-state index contributed by atoms with van der Waals surface area (Å²) in [5.74, 6) is 0.197. The number of ether oxygens (including phenoxy) is 1. The van der Waals surface area contributed by atoms with Crippen LogP contribution in [0.2, 0.25) is 5.02 Å². The summed E-state index contributed by atoms with van der Waals surface area (Å²) in [4.78, 5) is 15.1. The number of unbranched alkanes of at least 4 members (excludes halogenated alkanes) is 1. The quantitative estimate of drug-likeness (QED) is 0.110. The van der Waals surface area contributed by atoms with Gasteiger partial charge >= 0.3 is 5.97 Å². The predicted octanol–water partition coefficient (Wildman–Crippen LogP) is 7.43. The van der Waals surface area contributed by atoms with Gasteiger partial charge in [0, 0.05) is 18.1 Å². The van der Waals surface area contributed by atoms with Crippen LogP contribution in [0.25, 0.3) is 0 Å². The summed E-state index contributed by atoms with van der Waals surface area (Å²) >= 11 is 6.46. The molecule has 2 aromatic heterocycles. The Kier molecular flexibility index (Phi) is 10.3.